The average Bonchev–Trinajstić information content (AvgIpc) is 3.00. The number of aromatic nitrogens is 5. The van der Waals surface area contributed by atoms with Crippen molar-refractivity contribution in [2.45, 2.75) is 31.7 Å². The van der Waals surface area contributed by atoms with Gasteiger partial charge in [0.15, 0.2) is 5.16 Å². The van der Waals surface area contributed by atoms with E-state index in [0.29, 0.717) is 16.6 Å². The molecule has 4 aromatic rings. The number of nitrogens with zero attached hydrogens (tertiary/aromatic N) is 5. The summed E-state index contributed by atoms with van der Waals surface area (Å²) in [6, 6.07) is 10.1. The number of thioether (sulfide) groups is 1. The van der Waals surface area contributed by atoms with Crippen molar-refractivity contribution in [1.82, 2.24) is 24.6 Å². The van der Waals surface area contributed by atoms with Gasteiger partial charge in [0.2, 0.25) is 0 Å². The molecule has 5 nitrogen and oxygen atoms in total. The number of halogens is 1. The predicted molar refractivity (Wildman–Crippen MR) is 101 cm³/mol. The smallest absolute Gasteiger partial charge is 0.256 e. The van der Waals surface area contributed by atoms with Crippen molar-refractivity contribution in [1.29, 1.82) is 0 Å². The summed E-state index contributed by atoms with van der Waals surface area (Å²) in [7, 11) is 0. The standard InChI is InChI=1S/C18H16ClN5S/c1-10-8-11(2)24-17(20-10)22-23-18(24)25-9-15-16(19)12(3)13-6-4-5-7-14(13)21-15/h4-8H,9H2,1-3H3. The Labute approximate surface area is 154 Å². The largest absolute Gasteiger partial charge is 0.259 e. The molecule has 0 atom stereocenters. The molecule has 7 heteroatoms. The monoisotopic (exact) mass is 369 g/mol. The number of para-hydroxylation sites is 1. The van der Waals surface area contributed by atoms with Gasteiger partial charge in [-0.2, -0.15) is 0 Å². The maximum atomic E-state index is 6.55. The Morgan fingerprint density at radius 3 is 2.72 bits per heavy atom. The van der Waals surface area contributed by atoms with Gasteiger partial charge in [0, 0.05) is 22.5 Å². The van der Waals surface area contributed by atoms with Crippen LogP contribution in [0, 0.1) is 20.8 Å². The summed E-state index contributed by atoms with van der Waals surface area (Å²) < 4.78 is 1.96. The molecule has 0 spiro atoms. The minimum atomic E-state index is 0.619. The molecule has 0 N–H and O–H groups in total. The maximum Gasteiger partial charge on any atom is 0.256 e. The molecule has 0 aliphatic carbocycles. The molecule has 0 aliphatic rings. The Bertz CT molecular complexity index is 1110. The Morgan fingerprint density at radius 1 is 1.08 bits per heavy atom. The molecule has 3 heterocycles. The zero-order chi connectivity index (χ0) is 17.6. The lowest BCUT2D eigenvalue weighted by Crippen LogP contribution is -1.99. The van der Waals surface area contributed by atoms with Crippen molar-refractivity contribution >= 4 is 40.0 Å². The number of hydrogen-bond donors (Lipinski definition) is 0. The number of pyridine rings is 1. The van der Waals surface area contributed by atoms with Crippen LogP contribution >= 0.6 is 23.4 Å². The van der Waals surface area contributed by atoms with Crippen LogP contribution in [0.2, 0.25) is 5.02 Å². The van der Waals surface area contributed by atoms with Crippen LogP contribution in [-0.4, -0.2) is 24.6 Å². The third-order valence-corrected chi connectivity index (χ3v) is 5.59. The van der Waals surface area contributed by atoms with Gasteiger partial charge in [0.25, 0.3) is 5.78 Å². The Balaban J connectivity index is 1.70. The number of aryl methyl sites for hydroxylation is 3. The number of hydrogen-bond acceptors (Lipinski definition) is 5. The quantitative estimate of drug-likeness (QED) is 0.496. The van der Waals surface area contributed by atoms with Gasteiger partial charge in [0.05, 0.1) is 16.2 Å². The summed E-state index contributed by atoms with van der Waals surface area (Å²) >= 11 is 8.12. The van der Waals surface area contributed by atoms with Crippen LogP contribution in [0.3, 0.4) is 0 Å². The first kappa shape index (κ1) is 16.3. The molecule has 0 radical (unpaired) electrons. The van der Waals surface area contributed by atoms with Crippen LogP contribution in [0.4, 0.5) is 0 Å². The van der Waals surface area contributed by atoms with Crippen LogP contribution in [0.25, 0.3) is 16.7 Å². The van der Waals surface area contributed by atoms with Gasteiger partial charge in [0.1, 0.15) is 0 Å². The molecule has 0 fully saturated rings. The number of benzene rings is 1. The Hall–Kier alpha value is -2.18. The minimum absolute atomic E-state index is 0.619. The molecule has 0 saturated heterocycles. The third-order valence-electron chi connectivity index (χ3n) is 4.15. The molecule has 126 valence electrons. The second kappa shape index (κ2) is 6.28. The van der Waals surface area contributed by atoms with Crippen molar-refractivity contribution in [2.75, 3.05) is 0 Å². The van der Waals surface area contributed by atoms with Crippen molar-refractivity contribution in [3.8, 4) is 0 Å². The zero-order valence-electron chi connectivity index (χ0n) is 14.1. The lowest BCUT2D eigenvalue weighted by atomic mass is 10.1. The molecule has 0 unspecified atom stereocenters. The molecule has 0 saturated carbocycles. The highest BCUT2D eigenvalue weighted by Crippen LogP contribution is 2.31. The van der Waals surface area contributed by atoms with Crippen LogP contribution < -0.4 is 0 Å². The van der Waals surface area contributed by atoms with Crippen LogP contribution in [-0.2, 0) is 5.75 Å². The van der Waals surface area contributed by atoms with E-state index in [0.717, 1.165) is 38.7 Å². The molecular weight excluding hydrogens is 354 g/mol. The van der Waals surface area contributed by atoms with E-state index in [9.17, 15) is 0 Å². The van der Waals surface area contributed by atoms with E-state index in [1.165, 1.54) is 0 Å². The van der Waals surface area contributed by atoms with Gasteiger partial charge in [-0.1, -0.05) is 41.6 Å². The van der Waals surface area contributed by atoms with Gasteiger partial charge >= 0.3 is 0 Å². The summed E-state index contributed by atoms with van der Waals surface area (Å²) in [5.74, 6) is 1.24. The molecule has 0 bridgehead atoms. The predicted octanol–water partition coefficient (Wildman–Crippen LogP) is 4.54. The molecule has 3 aromatic heterocycles. The molecule has 0 aliphatic heterocycles. The number of fused-ring (bicyclic) bond motifs is 2. The highest BCUT2D eigenvalue weighted by Gasteiger charge is 2.14. The molecule has 0 amide bonds. The maximum absolute atomic E-state index is 6.55. The van der Waals surface area contributed by atoms with Gasteiger partial charge in [-0.3, -0.25) is 9.38 Å². The summed E-state index contributed by atoms with van der Waals surface area (Å²) in [5.41, 5.74) is 4.87. The van der Waals surface area contributed by atoms with Gasteiger partial charge in [-0.15, -0.1) is 10.2 Å². The second-order valence-electron chi connectivity index (χ2n) is 5.96. The molecular formula is C18H16ClN5S. The van der Waals surface area contributed by atoms with E-state index >= 15 is 0 Å². The van der Waals surface area contributed by atoms with E-state index in [1.807, 2.05) is 55.5 Å². The van der Waals surface area contributed by atoms with E-state index < -0.39 is 0 Å². The van der Waals surface area contributed by atoms with Crippen LogP contribution in [0.5, 0.6) is 0 Å². The first-order valence-corrected chi connectivity index (χ1v) is 9.27. The van der Waals surface area contributed by atoms with Crippen molar-refractivity contribution in [2.24, 2.45) is 0 Å². The van der Waals surface area contributed by atoms with Crippen molar-refractivity contribution < 1.29 is 0 Å². The first-order valence-electron chi connectivity index (χ1n) is 7.90. The number of rotatable bonds is 3. The Morgan fingerprint density at radius 2 is 1.88 bits per heavy atom. The fraction of sp³-hybridized carbons (Fsp3) is 0.222. The van der Waals surface area contributed by atoms with Gasteiger partial charge in [-0.25, -0.2) is 4.98 Å². The summed E-state index contributed by atoms with van der Waals surface area (Å²) in [4.78, 5) is 9.14. The fourth-order valence-corrected chi connectivity index (χ4v) is 4.16. The lowest BCUT2D eigenvalue weighted by Gasteiger charge is -2.09. The highest BCUT2D eigenvalue weighted by molar-refractivity contribution is 7.98. The topological polar surface area (TPSA) is 56.0 Å². The van der Waals surface area contributed by atoms with E-state index in [4.69, 9.17) is 16.6 Å². The minimum Gasteiger partial charge on any atom is -0.259 e. The zero-order valence-corrected chi connectivity index (χ0v) is 15.7. The van der Waals surface area contributed by atoms with Crippen LogP contribution in [0.1, 0.15) is 22.6 Å². The van der Waals surface area contributed by atoms with Crippen LogP contribution in [0.15, 0.2) is 35.5 Å². The van der Waals surface area contributed by atoms with Gasteiger partial charge in [-0.05, 0) is 38.5 Å². The van der Waals surface area contributed by atoms with E-state index in [1.54, 1.807) is 11.8 Å². The van der Waals surface area contributed by atoms with Crippen molar-refractivity contribution in [3.63, 3.8) is 0 Å². The lowest BCUT2D eigenvalue weighted by molar-refractivity contribution is 0.885. The summed E-state index contributed by atoms with van der Waals surface area (Å²) in [5, 5.41) is 11.0. The average molecular weight is 370 g/mol. The molecule has 4 rings (SSSR count). The molecule has 1 aromatic carbocycles. The fourth-order valence-electron chi connectivity index (χ4n) is 2.94. The molecule has 25 heavy (non-hydrogen) atoms. The van der Waals surface area contributed by atoms with E-state index in [2.05, 4.69) is 15.2 Å². The highest BCUT2D eigenvalue weighted by atomic mass is 35.5. The summed E-state index contributed by atoms with van der Waals surface area (Å²) in [6.07, 6.45) is 0. The Kier molecular flexibility index (Phi) is 4.09. The summed E-state index contributed by atoms with van der Waals surface area (Å²) in [6.45, 7) is 6.01. The SMILES string of the molecule is Cc1cc(C)n2c(SCc3nc4ccccc4c(C)c3Cl)nnc2n1. The van der Waals surface area contributed by atoms with E-state index in [-0.39, 0.29) is 0 Å². The normalized spacial score (nSPS) is 11.5. The van der Waals surface area contributed by atoms with Gasteiger partial charge < -0.3 is 0 Å². The van der Waals surface area contributed by atoms with Crippen molar-refractivity contribution in [3.05, 3.63) is 58.0 Å². The third kappa shape index (κ3) is 2.85. The second-order valence-corrected chi connectivity index (χ2v) is 7.28. The first-order chi connectivity index (χ1) is 12.0.